The van der Waals surface area contributed by atoms with Gasteiger partial charge in [-0.05, 0) is 18.6 Å². The van der Waals surface area contributed by atoms with E-state index in [9.17, 15) is 8.42 Å². The summed E-state index contributed by atoms with van der Waals surface area (Å²) in [5.74, 6) is 0. The van der Waals surface area contributed by atoms with Crippen molar-refractivity contribution >= 4 is 26.6 Å². The largest absolute Gasteiger partial charge is 0.280 e. The first kappa shape index (κ1) is 13.3. The maximum Gasteiger partial charge on any atom is 0.249 e. The number of hydrogen-bond donors (Lipinski definition) is 1. The number of anilines is 1. The lowest BCUT2D eigenvalue weighted by Gasteiger charge is -2.12. The summed E-state index contributed by atoms with van der Waals surface area (Å²) in [6, 6.07) is 10.7. The maximum absolute atomic E-state index is 12.0. The molecule has 2 aromatic rings. The van der Waals surface area contributed by atoms with E-state index in [0.717, 1.165) is 5.39 Å². The molecule has 2 rings (SSSR count). The summed E-state index contributed by atoms with van der Waals surface area (Å²) in [6.07, 6.45) is 1.84. The van der Waals surface area contributed by atoms with Gasteiger partial charge >= 0.3 is 0 Å². The molecule has 0 radical (unpaired) electrons. The lowest BCUT2D eigenvalue weighted by atomic mass is 10.2. The summed E-state index contributed by atoms with van der Waals surface area (Å²) >= 11 is 0. The fourth-order valence-corrected chi connectivity index (χ4v) is 2.98. The van der Waals surface area contributed by atoms with E-state index in [1.807, 2.05) is 12.1 Å². The number of nitriles is 1. The second-order valence-electron chi connectivity index (χ2n) is 4.05. The third kappa shape index (κ3) is 2.66. The Kier molecular flexibility index (Phi) is 3.67. The van der Waals surface area contributed by atoms with E-state index in [-0.39, 0.29) is 6.42 Å². The molecule has 6 heteroatoms. The molecule has 1 unspecified atom stereocenters. The molecule has 1 atom stereocenters. The van der Waals surface area contributed by atoms with Crippen molar-refractivity contribution in [1.29, 1.82) is 5.26 Å². The molecule has 0 aliphatic carbocycles. The third-order valence-electron chi connectivity index (χ3n) is 2.77. The van der Waals surface area contributed by atoms with Gasteiger partial charge < -0.3 is 0 Å². The van der Waals surface area contributed by atoms with Gasteiger partial charge in [0.05, 0.1) is 17.3 Å². The summed E-state index contributed by atoms with van der Waals surface area (Å²) in [5.41, 5.74) is 0.966. The quantitative estimate of drug-likeness (QED) is 0.927. The molecule has 1 N–H and O–H groups in total. The van der Waals surface area contributed by atoms with Gasteiger partial charge in [-0.25, -0.2) is 8.42 Å². The monoisotopic (exact) mass is 275 g/mol. The number of benzene rings is 1. The van der Waals surface area contributed by atoms with Gasteiger partial charge in [0.25, 0.3) is 0 Å². The summed E-state index contributed by atoms with van der Waals surface area (Å²) < 4.78 is 26.5. The van der Waals surface area contributed by atoms with Crippen LogP contribution in [0, 0.1) is 11.3 Å². The van der Waals surface area contributed by atoms with Crippen LogP contribution in [0.3, 0.4) is 0 Å². The van der Waals surface area contributed by atoms with E-state index in [1.54, 1.807) is 37.4 Å². The van der Waals surface area contributed by atoms with Crippen molar-refractivity contribution in [3.8, 4) is 6.07 Å². The van der Waals surface area contributed by atoms with Crippen LogP contribution in [0.2, 0.25) is 0 Å². The van der Waals surface area contributed by atoms with Gasteiger partial charge in [0.1, 0.15) is 0 Å². The average Bonchev–Trinajstić information content (AvgIpc) is 2.40. The second-order valence-corrected chi connectivity index (χ2v) is 5.92. The average molecular weight is 275 g/mol. The van der Waals surface area contributed by atoms with Crippen LogP contribution in [0.5, 0.6) is 0 Å². The molecule has 0 aliphatic rings. The van der Waals surface area contributed by atoms with Crippen LogP contribution in [0.1, 0.15) is 13.3 Å². The number of nitrogens with one attached hydrogen (secondary N) is 1. The van der Waals surface area contributed by atoms with E-state index in [4.69, 9.17) is 5.26 Å². The second kappa shape index (κ2) is 5.24. The molecule has 1 heterocycles. The topological polar surface area (TPSA) is 82.8 Å². The fourth-order valence-electron chi connectivity index (χ4n) is 1.79. The first-order chi connectivity index (χ1) is 9.08. The Morgan fingerprint density at radius 2 is 2.11 bits per heavy atom. The lowest BCUT2D eigenvalue weighted by Crippen LogP contribution is -2.26. The summed E-state index contributed by atoms with van der Waals surface area (Å²) in [6.45, 7) is 1.66. The van der Waals surface area contributed by atoms with Crippen LogP contribution in [-0.2, 0) is 10.0 Å². The molecule has 0 fully saturated rings. The summed E-state index contributed by atoms with van der Waals surface area (Å²) in [5, 5.41) is 8.65. The Hall–Kier alpha value is -2.13. The number of sulfonamides is 1. The standard InChI is InChI=1S/C13H13N3O2S/c1-2-11(9-14)19(17,18)16-12-7-3-5-10-6-4-8-15-13(10)12/h3-8,11,16H,2H2,1H3. The number of para-hydroxylation sites is 1. The minimum Gasteiger partial charge on any atom is -0.280 e. The molecule has 5 nitrogen and oxygen atoms in total. The number of pyridine rings is 1. The Balaban J connectivity index is 2.45. The van der Waals surface area contributed by atoms with Crippen molar-refractivity contribution in [3.05, 3.63) is 36.5 Å². The lowest BCUT2D eigenvalue weighted by molar-refractivity contribution is 0.593. The third-order valence-corrected chi connectivity index (χ3v) is 4.47. The van der Waals surface area contributed by atoms with Gasteiger partial charge in [0, 0.05) is 11.6 Å². The summed E-state index contributed by atoms with van der Waals surface area (Å²) in [7, 11) is -3.72. The summed E-state index contributed by atoms with van der Waals surface area (Å²) in [4.78, 5) is 4.17. The molecule has 1 aromatic carbocycles. The van der Waals surface area contributed by atoms with Gasteiger partial charge in [-0.2, -0.15) is 5.26 Å². The van der Waals surface area contributed by atoms with Crippen molar-refractivity contribution in [2.24, 2.45) is 0 Å². The highest BCUT2D eigenvalue weighted by molar-refractivity contribution is 7.93. The Labute approximate surface area is 111 Å². The fraction of sp³-hybridized carbons (Fsp3) is 0.231. The minimum atomic E-state index is -3.72. The van der Waals surface area contributed by atoms with Crippen molar-refractivity contribution in [2.45, 2.75) is 18.6 Å². The van der Waals surface area contributed by atoms with Crippen molar-refractivity contribution < 1.29 is 8.42 Å². The predicted octanol–water partition coefficient (Wildman–Crippen LogP) is 2.28. The van der Waals surface area contributed by atoms with Crippen LogP contribution in [-0.4, -0.2) is 18.7 Å². The normalized spacial score (nSPS) is 12.8. The van der Waals surface area contributed by atoms with Crippen molar-refractivity contribution in [3.63, 3.8) is 0 Å². The van der Waals surface area contributed by atoms with Crippen LogP contribution >= 0.6 is 0 Å². The van der Waals surface area contributed by atoms with Gasteiger partial charge in [-0.3, -0.25) is 9.71 Å². The van der Waals surface area contributed by atoms with Gasteiger partial charge in [0.15, 0.2) is 5.25 Å². The number of hydrogen-bond acceptors (Lipinski definition) is 4. The van der Waals surface area contributed by atoms with Gasteiger partial charge in [-0.1, -0.05) is 25.1 Å². The van der Waals surface area contributed by atoms with Crippen LogP contribution < -0.4 is 4.72 Å². The van der Waals surface area contributed by atoms with E-state index in [2.05, 4.69) is 9.71 Å². The van der Waals surface area contributed by atoms with Crippen molar-refractivity contribution in [1.82, 2.24) is 4.98 Å². The van der Waals surface area contributed by atoms with E-state index < -0.39 is 15.3 Å². The Morgan fingerprint density at radius 1 is 1.37 bits per heavy atom. The zero-order valence-electron chi connectivity index (χ0n) is 10.4. The van der Waals surface area contributed by atoms with Crippen LogP contribution in [0.25, 0.3) is 10.9 Å². The molecule has 0 saturated heterocycles. The van der Waals surface area contributed by atoms with Crippen LogP contribution in [0.4, 0.5) is 5.69 Å². The smallest absolute Gasteiger partial charge is 0.249 e. The van der Waals surface area contributed by atoms with E-state index in [0.29, 0.717) is 11.2 Å². The molecular weight excluding hydrogens is 262 g/mol. The minimum absolute atomic E-state index is 0.240. The first-order valence-corrected chi connectivity index (χ1v) is 7.38. The van der Waals surface area contributed by atoms with Crippen LogP contribution in [0.15, 0.2) is 36.5 Å². The molecular formula is C13H13N3O2S. The zero-order chi connectivity index (χ0) is 13.9. The van der Waals surface area contributed by atoms with Gasteiger partial charge in [-0.15, -0.1) is 0 Å². The molecule has 19 heavy (non-hydrogen) atoms. The van der Waals surface area contributed by atoms with E-state index >= 15 is 0 Å². The molecule has 0 saturated carbocycles. The van der Waals surface area contributed by atoms with Crippen molar-refractivity contribution in [2.75, 3.05) is 4.72 Å². The molecule has 98 valence electrons. The molecule has 0 spiro atoms. The first-order valence-electron chi connectivity index (χ1n) is 5.83. The molecule has 0 bridgehead atoms. The highest BCUT2D eigenvalue weighted by Crippen LogP contribution is 2.22. The Morgan fingerprint density at radius 3 is 2.79 bits per heavy atom. The molecule has 1 aromatic heterocycles. The highest BCUT2D eigenvalue weighted by atomic mass is 32.2. The van der Waals surface area contributed by atoms with Gasteiger partial charge in [0.2, 0.25) is 10.0 Å². The number of rotatable bonds is 4. The number of nitrogens with zero attached hydrogens (tertiary/aromatic N) is 2. The number of aromatic nitrogens is 1. The molecule has 0 amide bonds. The molecule has 0 aliphatic heterocycles. The maximum atomic E-state index is 12.0. The highest BCUT2D eigenvalue weighted by Gasteiger charge is 2.23. The predicted molar refractivity (Wildman–Crippen MR) is 74.0 cm³/mol. The van der Waals surface area contributed by atoms with E-state index in [1.165, 1.54) is 0 Å². The zero-order valence-corrected chi connectivity index (χ0v) is 11.2. The number of fused-ring (bicyclic) bond motifs is 1. The SMILES string of the molecule is CCC(C#N)S(=O)(=O)Nc1cccc2cccnc12. The Bertz CT molecular complexity index is 730.